The maximum atomic E-state index is 12.1. The van der Waals surface area contributed by atoms with Gasteiger partial charge in [-0.1, -0.05) is 6.42 Å². The van der Waals surface area contributed by atoms with Gasteiger partial charge >= 0.3 is 0 Å². The smallest absolute Gasteiger partial charge is 0.224 e. The van der Waals surface area contributed by atoms with E-state index in [-0.39, 0.29) is 0 Å². The van der Waals surface area contributed by atoms with Crippen LogP contribution in [0.2, 0.25) is 0 Å². The number of carbonyl (C=O) groups is 1. The lowest BCUT2D eigenvalue weighted by Crippen LogP contribution is -2.45. The monoisotopic (exact) mass is 226 g/mol. The highest BCUT2D eigenvalue weighted by Crippen LogP contribution is 2.18. The zero-order valence-electron chi connectivity index (χ0n) is 10.2. The molecule has 92 valence electrons. The molecule has 0 bridgehead atoms. The van der Waals surface area contributed by atoms with E-state index in [0.717, 1.165) is 19.6 Å². The van der Waals surface area contributed by atoms with Crippen LogP contribution in [0, 0.1) is 0 Å². The average Bonchev–Trinajstić information content (AvgIpc) is 2.33. The molecule has 0 radical (unpaired) electrons. The molecule has 2 aliphatic heterocycles. The number of likely N-dealkylation sites (tertiary alicyclic amines) is 1. The summed E-state index contributed by atoms with van der Waals surface area (Å²) in [5, 5.41) is 0. The van der Waals surface area contributed by atoms with Gasteiger partial charge in [-0.05, 0) is 26.4 Å². The fraction of sp³-hybridized carbons (Fsp3) is 0.917. The highest BCUT2D eigenvalue weighted by atomic mass is 16.5. The second kappa shape index (κ2) is 5.64. The molecular formula is C12H22N2O2. The number of nitrogens with zero attached hydrogens (tertiary/aromatic N) is 2. The lowest BCUT2D eigenvalue weighted by Gasteiger charge is -2.34. The van der Waals surface area contributed by atoms with Gasteiger partial charge < -0.3 is 14.5 Å². The standard InChI is InChI=1S/C12H22N2O2/c1-13-5-3-2-4-11(13)10-12(15)14-6-8-16-9-7-14/h11H,2-10H2,1H3. The van der Waals surface area contributed by atoms with Crippen molar-refractivity contribution >= 4 is 5.91 Å². The highest BCUT2D eigenvalue weighted by molar-refractivity contribution is 5.76. The molecule has 0 aromatic carbocycles. The van der Waals surface area contributed by atoms with Gasteiger partial charge in [0.1, 0.15) is 0 Å². The molecule has 0 spiro atoms. The number of ether oxygens (including phenoxy) is 1. The number of piperidine rings is 1. The first-order valence-electron chi connectivity index (χ1n) is 6.33. The molecule has 1 unspecified atom stereocenters. The van der Waals surface area contributed by atoms with Crippen molar-refractivity contribution in [2.45, 2.75) is 31.7 Å². The van der Waals surface area contributed by atoms with E-state index in [1.807, 2.05) is 4.90 Å². The van der Waals surface area contributed by atoms with E-state index in [4.69, 9.17) is 4.74 Å². The van der Waals surface area contributed by atoms with Gasteiger partial charge in [0.2, 0.25) is 5.91 Å². The van der Waals surface area contributed by atoms with Crippen LogP contribution in [0.3, 0.4) is 0 Å². The van der Waals surface area contributed by atoms with Crippen LogP contribution >= 0.6 is 0 Å². The molecule has 0 aromatic heterocycles. The molecule has 2 saturated heterocycles. The maximum absolute atomic E-state index is 12.1. The van der Waals surface area contributed by atoms with Crippen LogP contribution < -0.4 is 0 Å². The number of hydrogen-bond donors (Lipinski definition) is 0. The third kappa shape index (κ3) is 2.95. The van der Waals surface area contributed by atoms with Gasteiger partial charge in [0, 0.05) is 25.6 Å². The Bertz CT molecular complexity index is 239. The molecule has 4 heteroatoms. The van der Waals surface area contributed by atoms with Crippen LogP contribution in [-0.2, 0) is 9.53 Å². The normalized spacial score (nSPS) is 28.1. The predicted molar refractivity (Wildman–Crippen MR) is 62.3 cm³/mol. The zero-order valence-corrected chi connectivity index (χ0v) is 10.2. The van der Waals surface area contributed by atoms with E-state index >= 15 is 0 Å². The summed E-state index contributed by atoms with van der Waals surface area (Å²) in [5.74, 6) is 0.307. The Morgan fingerprint density at radius 2 is 2.00 bits per heavy atom. The molecule has 2 rings (SSSR count). The third-order valence-corrected chi connectivity index (χ3v) is 3.70. The second-order valence-corrected chi connectivity index (χ2v) is 4.83. The number of carbonyl (C=O) groups excluding carboxylic acids is 1. The fourth-order valence-electron chi connectivity index (χ4n) is 2.55. The lowest BCUT2D eigenvalue weighted by molar-refractivity contribution is -0.136. The van der Waals surface area contributed by atoms with Gasteiger partial charge in [-0.3, -0.25) is 4.79 Å². The first-order valence-corrected chi connectivity index (χ1v) is 6.33. The van der Waals surface area contributed by atoms with E-state index in [9.17, 15) is 4.79 Å². The van der Waals surface area contributed by atoms with Crippen molar-refractivity contribution in [1.82, 2.24) is 9.80 Å². The van der Waals surface area contributed by atoms with Gasteiger partial charge in [-0.2, -0.15) is 0 Å². The van der Waals surface area contributed by atoms with E-state index in [0.29, 0.717) is 31.6 Å². The number of hydrogen-bond acceptors (Lipinski definition) is 3. The minimum atomic E-state index is 0.307. The minimum absolute atomic E-state index is 0.307. The van der Waals surface area contributed by atoms with Gasteiger partial charge in [-0.15, -0.1) is 0 Å². The SMILES string of the molecule is CN1CCCCC1CC(=O)N1CCOCC1. The molecule has 2 heterocycles. The van der Waals surface area contributed by atoms with Crippen molar-refractivity contribution in [3.05, 3.63) is 0 Å². The minimum Gasteiger partial charge on any atom is -0.378 e. The first-order chi connectivity index (χ1) is 7.77. The number of amides is 1. The summed E-state index contributed by atoms with van der Waals surface area (Å²) < 4.78 is 5.26. The summed E-state index contributed by atoms with van der Waals surface area (Å²) in [6.45, 7) is 4.09. The molecule has 0 saturated carbocycles. The molecule has 1 atom stereocenters. The van der Waals surface area contributed by atoms with E-state index < -0.39 is 0 Å². The Morgan fingerprint density at radius 1 is 1.25 bits per heavy atom. The third-order valence-electron chi connectivity index (χ3n) is 3.70. The molecule has 2 fully saturated rings. The van der Waals surface area contributed by atoms with Crippen LogP contribution in [0.4, 0.5) is 0 Å². The lowest BCUT2D eigenvalue weighted by atomic mass is 9.99. The van der Waals surface area contributed by atoms with Crippen LogP contribution in [0.1, 0.15) is 25.7 Å². The zero-order chi connectivity index (χ0) is 11.4. The highest BCUT2D eigenvalue weighted by Gasteiger charge is 2.25. The van der Waals surface area contributed by atoms with Gasteiger partial charge in [-0.25, -0.2) is 0 Å². The molecule has 4 nitrogen and oxygen atoms in total. The molecule has 0 N–H and O–H groups in total. The summed E-state index contributed by atoms with van der Waals surface area (Å²) in [4.78, 5) is 16.3. The van der Waals surface area contributed by atoms with Crippen molar-refractivity contribution in [3.8, 4) is 0 Å². The van der Waals surface area contributed by atoms with E-state index in [1.165, 1.54) is 19.3 Å². The second-order valence-electron chi connectivity index (χ2n) is 4.83. The molecule has 16 heavy (non-hydrogen) atoms. The molecule has 0 aliphatic carbocycles. The molecular weight excluding hydrogens is 204 g/mol. The van der Waals surface area contributed by atoms with Crippen LogP contribution in [0.25, 0.3) is 0 Å². The largest absolute Gasteiger partial charge is 0.378 e. The van der Waals surface area contributed by atoms with Crippen molar-refractivity contribution in [2.75, 3.05) is 39.9 Å². The molecule has 1 amide bonds. The van der Waals surface area contributed by atoms with Gasteiger partial charge in [0.05, 0.1) is 13.2 Å². The van der Waals surface area contributed by atoms with Gasteiger partial charge in [0.25, 0.3) is 0 Å². The van der Waals surface area contributed by atoms with Crippen molar-refractivity contribution < 1.29 is 9.53 Å². The Kier molecular flexibility index (Phi) is 4.18. The Balaban J connectivity index is 1.80. The van der Waals surface area contributed by atoms with Crippen LogP contribution in [-0.4, -0.2) is 61.6 Å². The first kappa shape index (κ1) is 11.9. The summed E-state index contributed by atoms with van der Waals surface area (Å²) in [5.41, 5.74) is 0. The van der Waals surface area contributed by atoms with E-state index in [2.05, 4.69) is 11.9 Å². The van der Waals surface area contributed by atoms with Crippen molar-refractivity contribution in [3.63, 3.8) is 0 Å². The number of rotatable bonds is 2. The van der Waals surface area contributed by atoms with Crippen molar-refractivity contribution in [2.24, 2.45) is 0 Å². The van der Waals surface area contributed by atoms with Crippen molar-refractivity contribution in [1.29, 1.82) is 0 Å². The topological polar surface area (TPSA) is 32.8 Å². The Hall–Kier alpha value is -0.610. The Labute approximate surface area is 97.5 Å². The molecule has 0 aromatic rings. The number of morpholine rings is 1. The van der Waals surface area contributed by atoms with Crippen LogP contribution in [0.15, 0.2) is 0 Å². The predicted octanol–water partition coefficient (Wildman–Crippen LogP) is 0.720. The summed E-state index contributed by atoms with van der Waals surface area (Å²) in [6, 6.07) is 0.462. The quantitative estimate of drug-likeness (QED) is 0.695. The summed E-state index contributed by atoms with van der Waals surface area (Å²) in [6.07, 6.45) is 4.41. The Morgan fingerprint density at radius 3 is 2.69 bits per heavy atom. The summed E-state index contributed by atoms with van der Waals surface area (Å²) >= 11 is 0. The molecule has 2 aliphatic rings. The van der Waals surface area contributed by atoms with Gasteiger partial charge in [0.15, 0.2) is 0 Å². The summed E-state index contributed by atoms with van der Waals surface area (Å²) in [7, 11) is 2.14. The van der Waals surface area contributed by atoms with E-state index in [1.54, 1.807) is 0 Å². The maximum Gasteiger partial charge on any atom is 0.224 e. The van der Waals surface area contributed by atoms with Crippen LogP contribution in [0.5, 0.6) is 0 Å². The average molecular weight is 226 g/mol. The fourth-order valence-corrected chi connectivity index (χ4v) is 2.55.